The number of rotatable bonds is 6. The van der Waals surface area contributed by atoms with E-state index >= 15 is 0 Å². The first-order chi connectivity index (χ1) is 11.8. The molecule has 0 radical (unpaired) electrons. The summed E-state index contributed by atoms with van der Waals surface area (Å²) >= 11 is 0. The smallest absolute Gasteiger partial charge is 0.181 e. The van der Waals surface area contributed by atoms with Crippen LogP contribution in [-0.4, -0.2) is 20.0 Å². The van der Waals surface area contributed by atoms with Gasteiger partial charge in [-0.2, -0.15) is 0 Å². The van der Waals surface area contributed by atoms with Gasteiger partial charge in [-0.05, 0) is 54.7 Å². The molecule has 0 N–H and O–H groups in total. The third kappa shape index (κ3) is 4.10. The summed E-state index contributed by atoms with van der Waals surface area (Å²) in [5, 5.41) is 0. The molecule has 0 aliphatic heterocycles. The Morgan fingerprint density at radius 1 is 0.960 bits per heavy atom. The van der Waals surface area contributed by atoms with Gasteiger partial charge in [0.1, 0.15) is 10.7 Å². The number of hydrogen-bond donors (Lipinski definition) is 0. The molecule has 0 atom stereocenters. The predicted molar refractivity (Wildman–Crippen MR) is 85.6 cm³/mol. The second-order valence-electron chi connectivity index (χ2n) is 6.22. The maximum absolute atomic E-state index is 13.9. The average Bonchev–Trinajstić information content (AvgIpc) is 3.35. The Hall–Kier alpha value is -2.15. The lowest BCUT2D eigenvalue weighted by Crippen LogP contribution is -2.12. The average molecular weight is 368 g/mol. The molecule has 0 heterocycles. The lowest BCUT2D eigenvalue weighted by Gasteiger charge is -2.08. The van der Waals surface area contributed by atoms with Gasteiger partial charge in [0.25, 0.3) is 0 Å². The fraction of sp³-hybridized carbons (Fsp3) is 0.278. The molecule has 1 saturated carbocycles. The van der Waals surface area contributed by atoms with E-state index in [1.165, 1.54) is 6.07 Å². The minimum Gasteiger partial charge on any atom is -0.294 e. The summed E-state index contributed by atoms with van der Waals surface area (Å²) in [6.45, 7) is 0. The van der Waals surface area contributed by atoms with Gasteiger partial charge in [0.2, 0.25) is 0 Å². The van der Waals surface area contributed by atoms with Gasteiger partial charge in [-0.25, -0.2) is 21.6 Å². The highest BCUT2D eigenvalue weighted by molar-refractivity contribution is 7.91. The van der Waals surface area contributed by atoms with Crippen molar-refractivity contribution in [2.75, 3.05) is 5.75 Å². The van der Waals surface area contributed by atoms with Gasteiger partial charge in [0.05, 0.1) is 5.75 Å². The summed E-state index contributed by atoms with van der Waals surface area (Å²) in [5.41, 5.74) is 0.260. The van der Waals surface area contributed by atoms with Crippen LogP contribution < -0.4 is 0 Å². The van der Waals surface area contributed by atoms with Gasteiger partial charge in [-0.15, -0.1) is 0 Å². The van der Waals surface area contributed by atoms with Gasteiger partial charge in [-0.3, -0.25) is 4.79 Å². The van der Waals surface area contributed by atoms with E-state index < -0.39 is 38.0 Å². The summed E-state index contributed by atoms with van der Waals surface area (Å²) in [4.78, 5) is 11.8. The number of sulfone groups is 1. The Morgan fingerprint density at radius 2 is 1.64 bits per heavy atom. The van der Waals surface area contributed by atoms with E-state index in [2.05, 4.69) is 0 Å². The SMILES string of the molecule is O=C(Cc1ccc(F)c(S(=O)(=O)CC2CC2)c1)c1ccc(F)c(F)c1. The molecular formula is C18H15F3O3S. The molecule has 132 valence electrons. The highest BCUT2D eigenvalue weighted by Gasteiger charge is 2.30. The van der Waals surface area contributed by atoms with E-state index in [1.807, 2.05) is 0 Å². The molecule has 0 amide bonds. The van der Waals surface area contributed by atoms with Crippen molar-refractivity contribution in [2.24, 2.45) is 5.92 Å². The van der Waals surface area contributed by atoms with E-state index in [0.29, 0.717) is 5.56 Å². The van der Waals surface area contributed by atoms with Crippen molar-refractivity contribution in [3.05, 3.63) is 65.0 Å². The van der Waals surface area contributed by atoms with Gasteiger partial charge in [0.15, 0.2) is 27.3 Å². The maximum atomic E-state index is 13.9. The summed E-state index contributed by atoms with van der Waals surface area (Å²) in [6, 6.07) is 6.24. The van der Waals surface area contributed by atoms with Gasteiger partial charge >= 0.3 is 0 Å². The Kier molecular flexibility index (Phi) is 4.69. The van der Waals surface area contributed by atoms with E-state index in [-0.39, 0.29) is 23.7 Å². The minimum atomic E-state index is -3.76. The van der Waals surface area contributed by atoms with Crippen LogP contribution in [0.2, 0.25) is 0 Å². The number of halogens is 3. The normalized spacial score (nSPS) is 14.5. The highest BCUT2D eigenvalue weighted by atomic mass is 32.2. The standard InChI is InChI=1S/C18H15F3O3S/c19-14-6-4-13(9-16(14)21)17(22)7-12-3-5-15(20)18(8-12)25(23,24)10-11-1-2-11/h3-6,8-9,11H,1-2,7,10H2. The largest absolute Gasteiger partial charge is 0.294 e. The zero-order chi connectivity index (χ0) is 18.2. The van der Waals surface area contributed by atoms with Crippen LogP contribution in [-0.2, 0) is 16.3 Å². The van der Waals surface area contributed by atoms with Crippen LogP contribution in [0.4, 0.5) is 13.2 Å². The third-order valence-corrected chi connectivity index (χ3v) is 5.98. The fourth-order valence-corrected chi connectivity index (χ4v) is 4.37. The molecular weight excluding hydrogens is 353 g/mol. The Balaban J connectivity index is 1.84. The number of carbonyl (C=O) groups excluding carboxylic acids is 1. The van der Waals surface area contributed by atoms with Crippen LogP contribution in [0.1, 0.15) is 28.8 Å². The Labute approximate surface area is 143 Å². The number of hydrogen-bond acceptors (Lipinski definition) is 3. The fourth-order valence-electron chi connectivity index (χ4n) is 2.54. The molecule has 0 aromatic heterocycles. The molecule has 0 unspecified atom stereocenters. The number of Topliss-reactive ketones (excluding diaryl/α,β-unsaturated/α-hetero) is 1. The molecule has 3 nitrogen and oxygen atoms in total. The number of ketones is 1. The van der Waals surface area contributed by atoms with Crippen LogP contribution >= 0.6 is 0 Å². The first-order valence-corrected chi connectivity index (χ1v) is 9.41. The van der Waals surface area contributed by atoms with Gasteiger partial charge in [-0.1, -0.05) is 6.07 Å². The quantitative estimate of drug-likeness (QED) is 0.731. The zero-order valence-electron chi connectivity index (χ0n) is 13.1. The Bertz CT molecular complexity index is 935. The summed E-state index contributed by atoms with van der Waals surface area (Å²) in [5.74, 6) is -3.62. The predicted octanol–water partition coefficient (Wildman–Crippen LogP) is 3.71. The van der Waals surface area contributed by atoms with Crippen LogP contribution in [0.3, 0.4) is 0 Å². The molecule has 2 aromatic rings. The van der Waals surface area contributed by atoms with Gasteiger partial charge < -0.3 is 0 Å². The number of carbonyl (C=O) groups is 1. The molecule has 0 saturated heterocycles. The molecule has 0 bridgehead atoms. The van der Waals surface area contributed by atoms with Crippen molar-refractivity contribution in [1.29, 1.82) is 0 Å². The van der Waals surface area contributed by atoms with Crippen molar-refractivity contribution in [3.8, 4) is 0 Å². The van der Waals surface area contributed by atoms with Crippen LogP contribution in [0.5, 0.6) is 0 Å². The second kappa shape index (κ2) is 6.63. The van der Waals surface area contributed by atoms with Crippen molar-refractivity contribution in [2.45, 2.75) is 24.2 Å². The molecule has 0 spiro atoms. The van der Waals surface area contributed by atoms with Crippen molar-refractivity contribution >= 4 is 15.6 Å². The molecule has 25 heavy (non-hydrogen) atoms. The number of benzene rings is 2. The van der Waals surface area contributed by atoms with E-state index in [4.69, 9.17) is 0 Å². The molecule has 7 heteroatoms. The van der Waals surface area contributed by atoms with E-state index in [0.717, 1.165) is 43.2 Å². The van der Waals surface area contributed by atoms with Crippen molar-refractivity contribution < 1.29 is 26.4 Å². The molecule has 3 rings (SSSR count). The molecule has 1 aliphatic rings. The topological polar surface area (TPSA) is 51.2 Å². The van der Waals surface area contributed by atoms with Crippen LogP contribution in [0.25, 0.3) is 0 Å². The van der Waals surface area contributed by atoms with Crippen molar-refractivity contribution in [3.63, 3.8) is 0 Å². The van der Waals surface area contributed by atoms with E-state index in [9.17, 15) is 26.4 Å². The second-order valence-corrected chi connectivity index (χ2v) is 8.22. The first kappa shape index (κ1) is 17.7. The summed E-state index contributed by atoms with van der Waals surface area (Å²) < 4.78 is 64.6. The summed E-state index contributed by atoms with van der Waals surface area (Å²) in [6.07, 6.45) is 1.39. The van der Waals surface area contributed by atoms with Crippen LogP contribution in [0.15, 0.2) is 41.3 Å². The first-order valence-electron chi connectivity index (χ1n) is 7.76. The van der Waals surface area contributed by atoms with Crippen molar-refractivity contribution in [1.82, 2.24) is 0 Å². The zero-order valence-corrected chi connectivity index (χ0v) is 14.0. The maximum Gasteiger partial charge on any atom is 0.181 e. The molecule has 2 aromatic carbocycles. The molecule has 1 fully saturated rings. The van der Waals surface area contributed by atoms with E-state index in [1.54, 1.807) is 0 Å². The highest BCUT2D eigenvalue weighted by Crippen LogP contribution is 2.33. The van der Waals surface area contributed by atoms with Crippen LogP contribution in [0, 0.1) is 23.4 Å². The molecule has 1 aliphatic carbocycles. The lowest BCUT2D eigenvalue weighted by molar-refractivity contribution is 0.0992. The van der Waals surface area contributed by atoms with Gasteiger partial charge in [0, 0.05) is 12.0 Å². The minimum absolute atomic E-state index is 0.0365. The lowest BCUT2D eigenvalue weighted by atomic mass is 10.0. The third-order valence-electron chi connectivity index (χ3n) is 4.09. The summed E-state index contributed by atoms with van der Waals surface area (Å²) in [7, 11) is -3.76. The Morgan fingerprint density at radius 3 is 2.28 bits per heavy atom. The monoisotopic (exact) mass is 368 g/mol.